The summed E-state index contributed by atoms with van der Waals surface area (Å²) in [5.74, 6) is -0.123. The van der Waals surface area contributed by atoms with E-state index in [-0.39, 0.29) is 29.9 Å². The van der Waals surface area contributed by atoms with E-state index in [4.69, 9.17) is 0 Å². The van der Waals surface area contributed by atoms with Crippen molar-refractivity contribution in [3.63, 3.8) is 0 Å². The average Bonchev–Trinajstić information content (AvgIpc) is 2.84. The summed E-state index contributed by atoms with van der Waals surface area (Å²) in [5.41, 5.74) is 6.69. The molecule has 1 aliphatic heterocycles. The fourth-order valence-corrected chi connectivity index (χ4v) is 4.29. The summed E-state index contributed by atoms with van der Waals surface area (Å²) < 4.78 is 0. The van der Waals surface area contributed by atoms with Crippen LogP contribution in [0.25, 0.3) is 17.2 Å². The van der Waals surface area contributed by atoms with Gasteiger partial charge < -0.3 is 5.32 Å². The van der Waals surface area contributed by atoms with Gasteiger partial charge in [-0.05, 0) is 86.3 Å². The van der Waals surface area contributed by atoms with Gasteiger partial charge in [0, 0.05) is 17.8 Å². The summed E-state index contributed by atoms with van der Waals surface area (Å²) in [5, 5.41) is 2.97. The lowest BCUT2D eigenvalue weighted by Crippen LogP contribution is -2.32. The fourth-order valence-electron chi connectivity index (χ4n) is 4.29. The second-order valence-electron chi connectivity index (χ2n) is 8.71. The second kappa shape index (κ2) is 12.1. The van der Waals surface area contributed by atoms with Gasteiger partial charge in [0.1, 0.15) is 0 Å². The lowest BCUT2D eigenvalue weighted by atomic mass is 10.0. The molecule has 0 saturated carbocycles. The van der Waals surface area contributed by atoms with E-state index >= 15 is 0 Å². The molecule has 4 rings (SSSR count). The Morgan fingerprint density at radius 3 is 2.30 bits per heavy atom. The van der Waals surface area contributed by atoms with Crippen LogP contribution in [0, 0.1) is 6.92 Å². The average molecular weight is 553 g/mol. The molecule has 1 saturated heterocycles. The highest BCUT2D eigenvalue weighted by atomic mass is 127. The van der Waals surface area contributed by atoms with Gasteiger partial charge in [-0.1, -0.05) is 66.6 Å². The number of anilines is 1. The summed E-state index contributed by atoms with van der Waals surface area (Å²) in [6, 6.07) is 25.4. The van der Waals surface area contributed by atoms with Gasteiger partial charge in [0.2, 0.25) is 5.91 Å². The van der Waals surface area contributed by atoms with Crippen molar-refractivity contribution in [3.05, 3.63) is 95.6 Å². The van der Waals surface area contributed by atoms with Crippen LogP contribution in [0.5, 0.6) is 0 Å². The van der Waals surface area contributed by atoms with Crippen LogP contribution in [-0.2, 0) is 4.79 Å². The van der Waals surface area contributed by atoms with Crippen LogP contribution in [0.2, 0.25) is 0 Å². The third-order valence-corrected chi connectivity index (χ3v) is 6.30. The molecular weight excluding hydrogens is 519 g/mol. The lowest BCUT2D eigenvalue weighted by molar-refractivity contribution is -0.111. The van der Waals surface area contributed by atoms with Crippen LogP contribution in [0.15, 0.2) is 78.9 Å². The molecule has 1 atom stereocenters. The Morgan fingerprint density at radius 1 is 0.909 bits per heavy atom. The largest absolute Gasteiger partial charge is 0.323 e. The van der Waals surface area contributed by atoms with Crippen molar-refractivity contribution in [2.45, 2.75) is 39.2 Å². The number of carbonyl (C=O) groups excluding carboxylic acids is 1. The van der Waals surface area contributed by atoms with E-state index in [1.807, 2.05) is 30.3 Å². The molecule has 0 radical (unpaired) electrons. The number of likely N-dealkylation sites (tertiary alicyclic amines) is 1. The minimum Gasteiger partial charge on any atom is -0.323 e. The van der Waals surface area contributed by atoms with Gasteiger partial charge >= 0.3 is 0 Å². The van der Waals surface area contributed by atoms with Crippen molar-refractivity contribution in [2.75, 3.05) is 18.4 Å². The molecule has 3 aromatic rings. The molecule has 1 amide bonds. The van der Waals surface area contributed by atoms with E-state index in [0.717, 1.165) is 16.8 Å². The molecule has 3 nitrogen and oxygen atoms in total. The Labute approximate surface area is 214 Å². The van der Waals surface area contributed by atoms with Gasteiger partial charge in [-0.25, -0.2) is 0 Å². The van der Waals surface area contributed by atoms with E-state index in [9.17, 15) is 4.79 Å². The van der Waals surface area contributed by atoms with Crippen molar-refractivity contribution in [1.29, 1.82) is 0 Å². The summed E-state index contributed by atoms with van der Waals surface area (Å²) in [4.78, 5) is 15.0. The molecule has 1 aliphatic rings. The van der Waals surface area contributed by atoms with Crippen molar-refractivity contribution < 1.29 is 4.79 Å². The first-order valence-corrected chi connectivity index (χ1v) is 11.6. The topological polar surface area (TPSA) is 32.3 Å². The highest BCUT2D eigenvalue weighted by molar-refractivity contribution is 14.0. The molecule has 1 N–H and O–H groups in total. The van der Waals surface area contributed by atoms with Gasteiger partial charge in [-0.3, -0.25) is 9.69 Å². The zero-order valence-corrected chi connectivity index (χ0v) is 21.8. The Balaban J connectivity index is 0.00000306. The molecule has 0 aliphatic carbocycles. The molecule has 0 spiro atoms. The first-order chi connectivity index (χ1) is 15.6. The van der Waals surface area contributed by atoms with Crippen LogP contribution < -0.4 is 5.32 Å². The van der Waals surface area contributed by atoms with Gasteiger partial charge in [0.05, 0.1) is 0 Å². The fraction of sp³-hybridized carbons (Fsp3) is 0.276. The first-order valence-electron chi connectivity index (χ1n) is 11.6. The molecule has 33 heavy (non-hydrogen) atoms. The zero-order chi connectivity index (χ0) is 22.3. The van der Waals surface area contributed by atoms with E-state index < -0.39 is 0 Å². The lowest BCUT2D eigenvalue weighted by Gasteiger charge is -2.32. The maximum Gasteiger partial charge on any atom is 0.248 e. The van der Waals surface area contributed by atoms with Gasteiger partial charge in [-0.2, -0.15) is 0 Å². The number of halogens is 1. The smallest absolute Gasteiger partial charge is 0.248 e. The van der Waals surface area contributed by atoms with Crippen molar-refractivity contribution in [1.82, 2.24) is 4.90 Å². The monoisotopic (exact) mass is 552 g/mol. The zero-order valence-electron chi connectivity index (χ0n) is 19.5. The predicted octanol–water partition coefficient (Wildman–Crippen LogP) is 7.48. The second-order valence-corrected chi connectivity index (χ2v) is 8.71. The van der Waals surface area contributed by atoms with Gasteiger partial charge in [0.25, 0.3) is 0 Å². The summed E-state index contributed by atoms with van der Waals surface area (Å²) in [6.07, 6.45) is 7.38. The van der Waals surface area contributed by atoms with Gasteiger partial charge in [0.15, 0.2) is 0 Å². The third-order valence-electron chi connectivity index (χ3n) is 6.30. The molecule has 1 heterocycles. The number of carbonyl (C=O) groups is 1. The van der Waals surface area contributed by atoms with E-state index in [1.165, 1.54) is 49.0 Å². The molecule has 0 bridgehead atoms. The predicted molar refractivity (Wildman–Crippen MR) is 150 cm³/mol. The maximum absolute atomic E-state index is 12.4. The van der Waals surface area contributed by atoms with Crippen LogP contribution >= 0.6 is 24.0 Å². The van der Waals surface area contributed by atoms with E-state index in [1.54, 1.807) is 6.08 Å². The number of benzene rings is 3. The minimum absolute atomic E-state index is 0. The SMILES string of the molecule is Cc1ccc(-c2cccc(/C=C/C(=O)Nc3ccc(C(C)N4CCCCC4)cc3)c2)cc1.I. The number of hydrogen-bond donors (Lipinski definition) is 1. The highest BCUT2D eigenvalue weighted by Crippen LogP contribution is 2.25. The van der Waals surface area contributed by atoms with E-state index in [0.29, 0.717) is 6.04 Å². The quantitative estimate of drug-likeness (QED) is 0.254. The molecule has 4 heteroatoms. The molecule has 3 aromatic carbocycles. The Hall–Kier alpha value is -2.44. The Kier molecular flexibility index (Phi) is 9.27. The number of piperidine rings is 1. The van der Waals surface area contributed by atoms with Crippen LogP contribution in [0.1, 0.15) is 48.9 Å². The van der Waals surface area contributed by atoms with Gasteiger partial charge in [-0.15, -0.1) is 24.0 Å². The summed E-state index contributed by atoms with van der Waals surface area (Å²) in [7, 11) is 0. The molecule has 1 unspecified atom stereocenters. The van der Waals surface area contributed by atoms with Crippen LogP contribution in [0.3, 0.4) is 0 Å². The summed E-state index contributed by atoms with van der Waals surface area (Å²) in [6.45, 7) is 6.71. The van der Waals surface area contributed by atoms with Crippen LogP contribution in [-0.4, -0.2) is 23.9 Å². The highest BCUT2D eigenvalue weighted by Gasteiger charge is 2.17. The molecule has 172 valence electrons. The first kappa shape index (κ1) is 25.2. The van der Waals surface area contributed by atoms with Crippen LogP contribution in [0.4, 0.5) is 5.69 Å². The number of amides is 1. The molecule has 0 aromatic heterocycles. The van der Waals surface area contributed by atoms with Crippen molar-refractivity contribution in [3.8, 4) is 11.1 Å². The minimum atomic E-state index is -0.123. The summed E-state index contributed by atoms with van der Waals surface area (Å²) >= 11 is 0. The molecule has 1 fully saturated rings. The number of hydrogen-bond acceptors (Lipinski definition) is 2. The Bertz CT molecular complexity index is 1070. The molecular formula is C29H33IN2O. The number of rotatable bonds is 6. The third kappa shape index (κ3) is 7.02. The number of nitrogens with zero attached hydrogens (tertiary/aromatic N) is 1. The Morgan fingerprint density at radius 2 is 1.61 bits per heavy atom. The normalized spacial score (nSPS) is 15.1. The maximum atomic E-state index is 12.4. The standard InChI is InChI=1S/C29H32N2O.HI/c1-22-9-12-26(13-10-22)27-8-6-7-24(21-27)11-18-29(32)30-28-16-14-25(15-17-28)23(2)31-19-4-3-5-20-31;/h6-18,21,23H,3-5,19-20H2,1-2H3,(H,30,32);1H/b18-11+;. The van der Waals surface area contributed by atoms with E-state index in [2.05, 4.69) is 72.6 Å². The number of aryl methyl sites for hydroxylation is 1. The number of nitrogens with one attached hydrogen (secondary N) is 1. The van der Waals surface area contributed by atoms with Crippen molar-refractivity contribution in [2.24, 2.45) is 0 Å². The van der Waals surface area contributed by atoms with Crippen molar-refractivity contribution >= 4 is 41.6 Å².